The number of carboxylic acid groups (broad SMARTS) is 1. The highest BCUT2D eigenvalue weighted by Gasteiger charge is 2.36. The molecule has 14 heteroatoms. The van der Waals surface area contributed by atoms with Crippen LogP contribution in [0.4, 0.5) is 0 Å². The van der Waals surface area contributed by atoms with Crippen LogP contribution in [0.25, 0.3) is 0 Å². The van der Waals surface area contributed by atoms with Crippen molar-refractivity contribution in [2.45, 2.75) is 59.7 Å². The van der Waals surface area contributed by atoms with Gasteiger partial charge in [-0.3, -0.25) is 28.8 Å². The Morgan fingerprint density at radius 2 is 1.36 bits per heavy atom. The smallest absolute Gasteiger partial charge is 0.335 e. The molecule has 1 aromatic carbocycles. The van der Waals surface area contributed by atoms with Crippen molar-refractivity contribution < 1.29 is 38.7 Å². The number of hydrogen-bond acceptors (Lipinski definition) is 8. The maximum atomic E-state index is 13.2. The van der Waals surface area contributed by atoms with E-state index in [0.717, 1.165) is 0 Å². The summed E-state index contributed by atoms with van der Waals surface area (Å²) >= 11 is 0. The molecule has 3 atom stereocenters. The molecular weight excluding hydrogens is 572 g/mol. The molecule has 0 aliphatic carbocycles. The Morgan fingerprint density at radius 3 is 1.86 bits per heavy atom. The first-order valence-electron chi connectivity index (χ1n) is 14.5. The number of hydrogen-bond donors (Lipinski definition) is 5. The quantitative estimate of drug-likeness (QED) is 0.195. The van der Waals surface area contributed by atoms with Crippen LogP contribution in [0.5, 0.6) is 0 Å². The van der Waals surface area contributed by atoms with E-state index in [1.54, 1.807) is 39.5 Å². The van der Waals surface area contributed by atoms with E-state index in [2.05, 4.69) is 26.2 Å². The Kier molecular flexibility index (Phi) is 12.6. The zero-order valence-electron chi connectivity index (χ0n) is 26.4. The number of nitrogens with one attached hydrogen (secondary N) is 4. The van der Waals surface area contributed by atoms with Crippen LogP contribution in [0.3, 0.4) is 0 Å². The molecule has 1 heterocycles. The Hall–Kier alpha value is -4.33. The number of nitrogens with zero attached hydrogens (tertiary/aromatic N) is 2. The van der Waals surface area contributed by atoms with Crippen molar-refractivity contribution in [3.63, 3.8) is 0 Å². The molecular formula is C30H44N6O8. The summed E-state index contributed by atoms with van der Waals surface area (Å²) in [6.07, 6.45) is 0. The lowest BCUT2D eigenvalue weighted by molar-refractivity contribution is -0.142. The highest BCUT2D eigenvalue weighted by Crippen LogP contribution is 2.20. The van der Waals surface area contributed by atoms with Crippen molar-refractivity contribution in [1.82, 2.24) is 31.1 Å². The van der Waals surface area contributed by atoms with E-state index in [1.807, 2.05) is 7.05 Å². The molecule has 2 rings (SSSR count). The molecule has 5 N–H and O–H groups in total. The van der Waals surface area contributed by atoms with Crippen LogP contribution in [0.15, 0.2) is 24.3 Å². The first-order chi connectivity index (χ1) is 20.4. The normalized spacial score (nSPS) is 15.9. The standard InChI is InChI=1S/C30H44N6O8/c1-17(2)22(23(38)27(41)31-16-21(37)36-14-12-35(7)13-15-36)33-25(39)18(3)32-28(42)24(30(4,5)6)34-26(40)19-8-10-20(11-9-19)29(43)44/h8-11,17-18,22,24H,12-16H2,1-7H3,(H,31,41)(H,32,42)(H,33,39)(H,34,40)(H,43,44). The molecule has 1 aliphatic heterocycles. The van der Waals surface area contributed by atoms with Gasteiger partial charge in [-0.15, -0.1) is 0 Å². The van der Waals surface area contributed by atoms with Gasteiger partial charge in [0, 0.05) is 31.7 Å². The monoisotopic (exact) mass is 616 g/mol. The fourth-order valence-corrected chi connectivity index (χ4v) is 4.38. The van der Waals surface area contributed by atoms with Gasteiger partial charge in [-0.05, 0) is 49.6 Å². The number of carbonyl (C=O) groups is 7. The number of carbonyl (C=O) groups excluding carboxylic acids is 6. The zero-order chi connectivity index (χ0) is 33.4. The fourth-order valence-electron chi connectivity index (χ4n) is 4.38. The number of piperazine rings is 1. The molecule has 0 saturated carbocycles. The van der Waals surface area contributed by atoms with Crippen LogP contribution in [0.1, 0.15) is 62.3 Å². The van der Waals surface area contributed by atoms with Crippen molar-refractivity contribution in [2.75, 3.05) is 39.8 Å². The van der Waals surface area contributed by atoms with Gasteiger partial charge in [-0.25, -0.2) is 4.79 Å². The fraction of sp³-hybridized carbons (Fsp3) is 0.567. The number of carboxylic acids is 1. The molecule has 44 heavy (non-hydrogen) atoms. The Labute approximate surface area is 257 Å². The predicted molar refractivity (Wildman–Crippen MR) is 161 cm³/mol. The first-order valence-corrected chi connectivity index (χ1v) is 14.5. The molecule has 5 amide bonds. The molecule has 0 bridgehead atoms. The second-order valence-corrected chi connectivity index (χ2v) is 12.3. The first kappa shape index (κ1) is 35.9. The van der Waals surface area contributed by atoms with Crippen LogP contribution >= 0.6 is 0 Å². The van der Waals surface area contributed by atoms with E-state index < -0.39 is 64.8 Å². The van der Waals surface area contributed by atoms with Crippen molar-refractivity contribution in [1.29, 1.82) is 0 Å². The van der Waals surface area contributed by atoms with E-state index >= 15 is 0 Å². The topological polar surface area (TPSA) is 194 Å². The maximum absolute atomic E-state index is 13.2. The minimum atomic E-state index is -1.22. The van der Waals surface area contributed by atoms with Gasteiger partial charge in [-0.1, -0.05) is 34.6 Å². The average Bonchev–Trinajstić information content (AvgIpc) is 2.95. The lowest BCUT2D eigenvalue weighted by Crippen LogP contribution is -2.59. The zero-order valence-corrected chi connectivity index (χ0v) is 26.4. The molecule has 1 saturated heterocycles. The Balaban J connectivity index is 2.00. The molecule has 1 aliphatic rings. The summed E-state index contributed by atoms with van der Waals surface area (Å²) in [5, 5.41) is 19.1. The largest absolute Gasteiger partial charge is 0.478 e. The Bertz CT molecular complexity index is 1250. The van der Waals surface area contributed by atoms with E-state index in [4.69, 9.17) is 5.11 Å². The molecule has 0 aromatic heterocycles. The molecule has 242 valence electrons. The van der Waals surface area contributed by atoms with Gasteiger partial charge in [0.1, 0.15) is 12.1 Å². The number of benzene rings is 1. The maximum Gasteiger partial charge on any atom is 0.335 e. The third kappa shape index (κ3) is 10.1. The summed E-state index contributed by atoms with van der Waals surface area (Å²) in [6, 6.07) is 1.75. The second-order valence-electron chi connectivity index (χ2n) is 12.3. The lowest BCUT2D eigenvalue weighted by atomic mass is 9.85. The summed E-state index contributed by atoms with van der Waals surface area (Å²) in [4.78, 5) is 91.8. The van der Waals surface area contributed by atoms with Gasteiger partial charge in [0.15, 0.2) is 0 Å². The number of ketones is 1. The number of amides is 5. The molecule has 1 fully saturated rings. The van der Waals surface area contributed by atoms with E-state index in [0.29, 0.717) is 26.2 Å². The van der Waals surface area contributed by atoms with E-state index in [-0.39, 0.29) is 23.6 Å². The SMILES string of the molecule is CC(NC(=O)C(NC(=O)c1ccc(C(=O)O)cc1)C(C)(C)C)C(=O)NC(C(=O)C(=O)NCC(=O)N1CCN(C)CC1)C(C)C. The predicted octanol–water partition coefficient (Wildman–Crippen LogP) is -0.366. The third-order valence-corrected chi connectivity index (χ3v) is 7.28. The van der Waals surface area contributed by atoms with Crippen LogP contribution in [0, 0.1) is 11.3 Å². The van der Waals surface area contributed by atoms with Gasteiger partial charge in [0.2, 0.25) is 23.5 Å². The number of likely N-dealkylation sites (N-methyl/N-ethyl adjacent to an activating group) is 1. The minimum absolute atomic E-state index is 0.00121. The summed E-state index contributed by atoms with van der Waals surface area (Å²) in [5.41, 5.74) is -0.640. The van der Waals surface area contributed by atoms with Crippen LogP contribution in [-0.2, 0) is 24.0 Å². The van der Waals surface area contributed by atoms with Crippen LogP contribution < -0.4 is 21.3 Å². The molecule has 1 aromatic rings. The van der Waals surface area contributed by atoms with Crippen LogP contribution in [-0.4, -0.2) is 114 Å². The van der Waals surface area contributed by atoms with E-state index in [9.17, 15) is 33.6 Å². The minimum Gasteiger partial charge on any atom is -0.478 e. The van der Waals surface area contributed by atoms with Gasteiger partial charge >= 0.3 is 5.97 Å². The molecule has 14 nitrogen and oxygen atoms in total. The molecule has 0 radical (unpaired) electrons. The second kappa shape index (κ2) is 15.4. The van der Waals surface area contributed by atoms with E-state index in [1.165, 1.54) is 31.2 Å². The van der Waals surface area contributed by atoms with Crippen LogP contribution in [0.2, 0.25) is 0 Å². The molecule has 0 spiro atoms. The Morgan fingerprint density at radius 1 is 0.818 bits per heavy atom. The molecule has 3 unspecified atom stereocenters. The van der Waals surface area contributed by atoms with Gasteiger partial charge < -0.3 is 36.2 Å². The average molecular weight is 617 g/mol. The summed E-state index contributed by atoms with van der Waals surface area (Å²) in [7, 11) is 1.95. The summed E-state index contributed by atoms with van der Waals surface area (Å²) in [5.74, 6) is -5.87. The van der Waals surface area contributed by atoms with Crippen molar-refractivity contribution >= 4 is 41.3 Å². The number of rotatable bonds is 12. The van der Waals surface area contributed by atoms with Gasteiger partial charge in [0.05, 0.1) is 18.2 Å². The number of Topliss-reactive ketones (excluding diaryl/α,β-unsaturated/α-hetero) is 1. The highest BCUT2D eigenvalue weighted by atomic mass is 16.4. The summed E-state index contributed by atoms with van der Waals surface area (Å²) in [6.45, 7) is 12.0. The van der Waals surface area contributed by atoms with Crippen molar-refractivity contribution in [2.24, 2.45) is 11.3 Å². The third-order valence-electron chi connectivity index (χ3n) is 7.28. The van der Waals surface area contributed by atoms with Gasteiger partial charge in [0.25, 0.3) is 11.8 Å². The van der Waals surface area contributed by atoms with Crippen molar-refractivity contribution in [3.8, 4) is 0 Å². The summed E-state index contributed by atoms with van der Waals surface area (Å²) < 4.78 is 0. The number of aromatic carboxylic acids is 1. The van der Waals surface area contributed by atoms with Crippen molar-refractivity contribution in [3.05, 3.63) is 35.4 Å². The highest BCUT2D eigenvalue weighted by molar-refractivity contribution is 6.38. The lowest BCUT2D eigenvalue weighted by Gasteiger charge is -2.32. The van der Waals surface area contributed by atoms with Gasteiger partial charge in [-0.2, -0.15) is 0 Å².